The summed E-state index contributed by atoms with van der Waals surface area (Å²) in [7, 11) is 0.956. The lowest BCUT2D eigenvalue weighted by Crippen LogP contribution is -2.55. The largest absolute Gasteiger partial charge is 0.380 e. The highest BCUT2D eigenvalue weighted by atomic mass is 32.2. The number of carbonyl (C=O) groups excluding carboxylic acids is 1. The Labute approximate surface area is 140 Å². The molecule has 1 aliphatic rings. The molecule has 128 valence electrons. The summed E-state index contributed by atoms with van der Waals surface area (Å²) in [6.45, 7) is 6.92. The van der Waals surface area contributed by atoms with Gasteiger partial charge >= 0.3 is 0 Å². The zero-order valence-corrected chi connectivity index (χ0v) is 14.9. The van der Waals surface area contributed by atoms with Crippen LogP contribution in [-0.4, -0.2) is 58.8 Å². The van der Waals surface area contributed by atoms with E-state index in [1.54, 1.807) is 7.11 Å². The number of ether oxygens (including phenoxy) is 1. The Balaban J connectivity index is 1.92. The Morgan fingerprint density at radius 2 is 2.04 bits per heavy atom. The van der Waals surface area contributed by atoms with Crippen molar-refractivity contribution in [3.05, 3.63) is 35.4 Å². The fourth-order valence-corrected chi connectivity index (χ4v) is 3.77. The summed E-state index contributed by atoms with van der Waals surface area (Å²) in [4.78, 5) is 14.7. The van der Waals surface area contributed by atoms with Gasteiger partial charge in [-0.25, -0.2) is 0 Å². The van der Waals surface area contributed by atoms with E-state index in [9.17, 15) is 9.00 Å². The van der Waals surface area contributed by atoms with Crippen molar-refractivity contribution in [2.24, 2.45) is 0 Å². The molecule has 0 unspecified atom stereocenters. The highest BCUT2D eigenvalue weighted by molar-refractivity contribution is 7.85. The summed E-state index contributed by atoms with van der Waals surface area (Å²) < 4.78 is 16.6. The summed E-state index contributed by atoms with van der Waals surface area (Å²) >= 11 is 0. The van der Waals surface area contributed by atoms with Gasteiger partial charge in [-0.05, 0) is 31.5 Å². The second-order valence-corrected chi connectivity index (χ2v) is 8.16. The van der Waals surface area contributed by atoms with Crippen molar-refractivity contribution < 1.29 is 13.7 Å². The highest BCUT2D eigenvalue weighted by Crippen LogP contribution is 2.16. The molecule has 1 aliphatic heterocycles. The number of nitrogens with one attached hydrogen (secondary N) is 1. The number of hydrogen-bond donors (Lipinski definition) is 1. The van der Waals surface area contributed by atoms with Crippen LogP contribution >= 0.6 is 0 Å². The van der Waals surface area contributed by atoms with Crippen LogP contribution in [-0.2, 0) is 22.1 Å². The van der Waals surface area contributed by atoms with E-state index in [1.807, 2.05) is 24.3 Å². The molecule has 1 aromatic carbocycles. The zero-order valence-electron chi connectivity index (χ0n) is 14.1. The highest BCUT2D eigenvalue weighted by Gasteiger charge is 2.30. The van der Waals surface area contributed by atoms with Gasteiger partial charge in [0.15, 0.2) is 0 Å². The molecule has 1 amide bonds. The molecule has 0 aromatic heterocycles. The monoisotopic (exact) mass is 338 g/mol. The van der Waals surface area contributed by atoms with Crippen molar-refractivity contribution in [3.63, 3.8) is 0 Å². The molecule has 5 nitrogen and oxygen atoms in total. The summed E-state index contributed by atoms with van der Waals surface area (Å²) in [5, 5.41) is 3.02. The Hall–Kier alpha value is -1.24. The van der Waals surface area contributed by atoms with Gasteiger partial charge in [-0.1, -0.05) is 12.1 Å². The number of amides is 1. The van der Waals surface area contributed by atoms with Crippen molar-refractivity contribution in [3.8, 4) is 0 Å². The van der Waals surface area contributed by atoms with Gasteiger partial charge in [-0.15, -0.1) is 0 Å². The maximum Gasteiger partial charge on any atom is 0.251 e. The molecular formula is C17H26N2O3S. The van der Waals surface area contributed by atoms with Crippen LogP contribution in [0.2, 0.25) is 0 Å². The second-order valence-electron chi connectivity index (χ2n) is 6.46. The average molecular weight is 338 g/mol. The van der Waals surface area contributed by atoms with Gasteiger partial charge in [-0.3, -0.25) is 13.9 Å². The summed E-state index contributed by atoms with van der Waals surface area (Å²) in [5.41, 5.74) is 1.48. The number of methoxy groups -OCH3 is 1. The topological polar surface area (TPSA) is 58.6 Å². The van der Waals surface area contributed by atoms with E-state index in [-0.39, 0.29) is 11.4 Å². The van der Waals surface area contributed by atoms with Crippen LogP contribution in [0.5, 0.6) is 0 Å². The SMILES string of the molecule is COCc1cccc(C(=O)NCC(C)(C)N2CCS(=O)CC2)c1. The van der Waals surface area contributed by atoms with E-state index in [4.69, 9.17) is 4.74 Å². The summed E-state index contributed by atoms with van der Waals surface area (Å²) in [6, 6.07) is 7.48. The third kappa shape index (κ3) is 5.12. The molecule has 0 aliphatic carbocycles. The van der Waals surface area contributed by atoms with E-state index in [0.717, 1.165) is 30.2 Å². The molecule has 1 aromatic rings. The Kier molecular flexibility index (Phi) is 6.33. The lowest BCUT2D eigenvalue weighted by atomic mass is 10.0. The van der Waals surface area contributed by atoms with Gasteiger partial charge < -0.3 is 10.1 Å². The molecule has 0 radical (unpaired) electrons. The van der Waals surface area contributed by atoms with E-state index < -0.39 is 10.8 Å². The predicted octanol–water partition coefficient (Wildman–Crippen LogP) is 1.41. The number of benzene rings is 1. The first-order valence-electron chi connectivity index (χ1n) is 7.88. The third-order valence-corrected chi connectivity index (χ3v) is 5.49. The molecule has 6 heteroatoms. The second kappa shape index (κ2) is 8.04. The summed E-state index contributed by atoms with van der Waals surface area (Å²) in [6.07, 6.45) is 0. The lowest BCUT2D eigenvalue weighted by molar-refractivity contribution is 0.0883. The molecule has 1 heterocycles. The van der Waals surface area contributed by atoms with Crippen LogP contribution in [0.25, 0.3) is 0 Å². The predicted molar refractivity (Wildman–Crippen MR) is 93.0 cm³/mol. The first-order chi connectivity index (χ1) is 10.9. The standard InChI is InChI=1S/C17H26N2O3S/c1-17(2,19-7-9-23(21)10-8-19)13-18-16(20)15-6-4-5-14(11-15)12-22-3/h4-6,11H,7-10,12-13H2,1-3H3,(H,18,20). The fraction of sp³-hybridized carbons (Fsp3) is 0.588. The molecule has 23 heavy (non-hydrogen) atoms. The van der Waals surface area contributed by atoms with E-state index in [2.05, 4.69) is 24.1 Å². The molecular weight excluding hydrogens is 312 g/mol. The van der Waals surface area contributed by atoms with Crippen LogP contribution in [0, 0.1) is 0 Å². The van der Waals surface area contributed by atoms with Crippen LogP contribution in [0.3, 0.4) is 0 Å². The minimum atomic E-state index is -0.684. The minimum absolute atomic E-state index is 0.0726. The van der Waals surface area contributed by atoms with E-state index in [0.29, 0.717) is 18.7 Å². The Morgan fingerprint density at radius 3 is 2.70 bits per heavy atom. The molecule has 0 bridgehead atoms. The van der Waals surface area contributed by atoms with Crippen molar-refractivity contribution in [2.45, 2.75) is 26.0 Å². The molecule has 1 saturated heterocycles. The summed E-state index contributed by atoms with van der Waals surface area (Å²) in [5.74, 6) is 1.36. The van der Waals surface area contributed by atoms with Gasteiger partial charge in [0.25, 0.3) is 5.91 Å². The normalized spacial score (nSPS) is 17.2. The fourth-order valence-electron chi connectivity index (χ4n) is 2.72. The minimum Gasteiger partial charge on any atom is -0.380 e. The molecule has 0 spiro atoms. The van der Waals surface area contributed by atoms with Crippen molar-refractivity contribution >= 4 is 16.7 Å². The van der Waals surface area contributed by atoms with Gasteiger partial charge in [0, 0.05) is 60.2 Å². The Bertz CT molecular complexity index is 565. The first kappa shape index (κ1) is 18.1. The third-order valence-electron chi connectivity index (χ3n) is 4.22. The van der Waals surface area contributed by atoms with Gasteiger partial charge in [-0.2, -0.15) is 0 Å². The van der Waals surface area contributed by atoms with Crippen molar-refractivity contribution in [1.82, 2.24) is 10.2 Å². The average Bonchev–Trinajstić information content (AvgIpc) is 2.54. The van der Waals surface area contributed by atoms with Crippen LogP contribution in [0.4, 0.5) is 0 Å². The molecule has 1 N–H and O–H groups in total. The number of nitrogens with zero attached hydrogens (tertiary/aromatic N) is 1. The van der Waals surface area contributed by atoms with E-state index >= 15 is 0 Å². The molecule has 0 atom stereocenters. The van der Waals surface area contributed by atoms with E-state index in [1.165, 1.54) is 0 Å². The Morgan fingerprint density at radius 1 is 1.35 bits per heavy atom. The van der Waals surface area contributed by atoms with Crippen LogP contribution < -0.4 is 5.32 Å². The van der Waals surface area contributed by atoms with Crippen LogP contribution in [0.1, 0.15) is 29.8 Å². The maximum atomic E-state index is 12.4. The first-order valence-corrected chi connectivity index (χ1v) is 9.37. The van der Waals surface area contributed by atoms with Crippen molar-refractivity contribution in [1.29, 1.82) is 0 Å². The number of rotatable bonds is 6. The number of carbonyl (C=O) groups is 1. The smallest absolute Gasteiger partial charge is 0.251 e. The van der Waals surface area contributed by atoms with Gasteiger partial charge in [0.05, 0.1) is 6.61 Å². The van der Waals surface area contributed by atoms with Gasteiger partial charge in [0.1, 0.15) is 0 Å². The van der Waals surface area contributed by atoms with Crippen LogP contribution in [0.15, 0.2) is 24.3 Å². The lowest BCUT2D eigenvalue weighted by Gasteiger charge is -2.40. The molecule has 1 fully saturated rings. The molecule has 0 saturated carbocycles. The van der Waals surface area contributed by atoms with Crippen molar-refractivity contribution in [2.75, 3.05) is 38.2 Å². The molecule has 2 rings (SSSR count). The zero-order chi connectivity index (χ0) is 16.9. The maximum absolute atomic E-state index is 12.4. The number of hydrogen-bond acceptors (Lipinski definition) is 4. The van der Waals surface area contributed by atoms with Gasteiger partial charge in [0.2, 0.25) is 0 Å². The quantitative estimate of drug-likeness (QED) is 0.852.